The fourth-order valence-electron chi connectivity index (χ4n) is 2.36. The standard InChI is InChI=1S/C11H12N2/c1-2-4-10-6-11(5-9(10)3-1)7-12-8-13-11/h1-4,8H,5-7H2,(H,12,13). The molecule has 2 nitrogen and oxygen atoms in total. The number of aliphatic imine (C=N–C) groups is 1. The Morgan fingerprint density at radius 3 is 2.38 bits per heavy atom. The zero-order valence-electron chi connectivity index (χ0n) is 7.46. The first-order valence-electron chi connectivity index (χ1n) is 4.71. The number of hydrogen-bond acceptors (Lipinski definition) is 2. The smallest absolute Gasteiger partial charge is 0.0830 e. The number of rotatable bonds is 0. The van der Waals surface area contributed by atoms with Crippen LogP contribution in [-0.4, -0.2) is 18.4 Å². The molecular weight excluding hydrogens is 160 g/mol. The van der Waals surface area contributed by atoms with Gasteiger partial charge in [-0.1, -0.05) is 24.3 Å². The lowest BCUT2D eigenvalue weighted by molar-refractivity contribution is 0.439. The Kier molecular flexibility index (Phi) is 1.29. The highest BCUT2D eigenvalue weighted by Gasteiger charge is 2.37. The van der Waals surface area contributed by atoms with Gasteiger partial charge in [0.2, 0.25) is 0 Å². The molecule has 1 heterocycles. The van der Waals surface area contributed by atoms with E-state index in [0.29, 0.717) is 0 Å². The molecule has 0 amide bonds. The lowest BCUT2D eigenvalue weighted by Crippen LogP contribution is -2.43. The molecule has 0 atom stereocenters. The average Bonchev–Trinajstić information content (AvgIpc) is 2.72. The molecule has 0 aromatic heterocycles. The van der Waals surface area contributed by atoms with Crippen molar-refractivity contribution in [2.75, 3.05) is 6.54 Å². The average molecular weight is 172 g/mol. The number of fused-ring (bicyclic) bond motifs is 1. The van der Waals surface area contributed by atoms with Gasteiger partial charge in [-0.25, -0.2) is 0 Å². The summed E-state index contributed by atoms with van der Waals surface area (Å²) in [6.45, 7) is 0.932. The lowest BCUT2D eigenvalue weighted by atomic mass is 9.97. The molecule has 0 saturated carbocycles. The van der Waals surface area contributed by atoms with Gasteiger partial charge in [0.15, 0.2) is 0 Å². The first kappa shape index (κ1) is 7.13. The van der Waals surface area contributed by atoms with Crippen molar-refractivity contribution in [3.63, 3.8) is 0 Å². The highest BCUT2D eigenvalue weighted by molar-refractivity contribution is 5.60. The fraction of sp³-hybridized carbons (Fsp3) is 0.364. The second kappa shape index (κ2) is 2.34. The summed E-state index contributed by atoms with van der Waals surface area (Å²) in [4.78, 5) is 4.27. The van der Waals surface area contributed by atoms with E-state index in [-0.39, 0.29) is 5.54 Å². The van der Waals surface area contributed by atoms with Crippen molar-refractivity contribution < 1.29 is 0 Å². The van der Waals surface area contributed by atoms with Gasteiger partial charge in [0.05, 0.1) is 18.4 Å². The molecule has 0 fully saturated rings. The van der Waals surface area contributed by atoms with Gasteiger partial charge in [0, 0.05) is 0 Å². The predicted molar refractivity (Wildman–Crippen MR) is 53.1 cm³/mol. The third kappa shape index (κ3) is 0.981. The summed E-state index contributed by atoms with van der Waals surface area (Å²) in [6, 6.07) is 8.69. The Hall–Kier alpha value is -1.31. The van der Waals surface area contributed by atoms with Crippen LogP contribution >= 0.6 is 0 Å². The molecule has 2 aliphatic rings. The van der Waals surface area contributed by atoms with Gasteiger partial charge >= 0.3 is 0 Å². The summed E-state index contributed by atoms with van der Waals surface area (Å²) in [5.74, 6) is 0. The monoisotopic (exact) mass is 172 g/mol. The Morgan fingerprint density at radius 2 is 1.85 bits per heavy atom. The minimum absolute atomic E-state index is 0.226. The second-order valence-corrected chi connectivity index (χ2v) is 4.02. The van der Waals surface area contributed by atoms with Crippen LogP contribution in [0, 0.1) is 0 Å². The summed E-state index contributed by atoms with van der Waals surface area (Å²) >= 11 is 0. The lowest BCUT2D eigenvalue weighted by Gasteiger charge is -2.21. The molecule has 0 unspecified atom stereocenters. The normalized spacial score (nSPS) is 21.8. The molecule has 1 aliphatic heterocycles. The van der Waals surface area contributed by atoms with Crippen molar-refractivity contribution in [3.05, 3.63) is 35.4 Å². The Morgan fingerprint density at radius 1 is 1.15 bits per heavy atom. The van der Waals surface area contributed by atoms with Gasteiger partial charge in [-0.15, -0.1) is 0 Å². The second-order valence-electron chi connectivity index (χ2n) is 4.02. The van der Waals surface area contributed by atoms with Crippen LogP contribution in [-0.2, 0) is 12.8 Å². The number of hydrogen-bond donors (Lipinski definition) is 1. The van der Waals surface area contributed by atoms with Crippen LogP contribution in [0.2, 0.25) is 0 Å². The highest BCUT2D eigenvalue weighted by Crippen LogP contribution is 2.31. The van der Waals surface area contributed by atoms with E-state index in [2.05, 4.69) is 34.6 Å². The van der Waals surface area contributed by atoms with Gasteiger partial charge < -0.3 is 5.32 Å². The van der Waals surface area contributed by atoms with Crippen molar-refractivity contribution in [1.29, 1.82) is 0 Å². The maximum atomic E-state index is 4.27. The fourth-order valence-corrected chi connectivity index (χ4v) is 2.36. The first-order chi connectivity index (χ1) is 6.38. The van der Waals surface area contributed by atoms with Crippen molar-refractivity contribution in [2.24, 2.45) is 4.99 Å². The molecule has 1 spiro atoms. The molecule has 0 bridgehead atoms. The van der Waals surface area contributed by atoms with E-state index >= 15 is 0 Å². The Labute approximate surface area is 77.7 Å². The minimum Gasteiger partial charge on any atom is -0.368 e. The maximum absolute atomic E-state index is 4.27. The third-order valence-electron chi connectivity index (χ3n) is 3.03. The summed E-state index contributed by atoms with van der Waals surface area (Å²) in [5.41, 5.74) is 3.20. The van der Waals surface area contributed by atoms with Crippen LogP contribution in [0.3, 0.4) is 0 Å². The summed E-state index contributed by atoms with van der Waals surface area (Å²) in [5, 5.41) is 3.39. The van der Waals surface area contributed by atoms with E-state index in [9.17, 15) is 0 Å². The molecule has 1 aromatic carbocycles. The maximum Gasteiger partial charge on any atom is 0.0830 e. The van der Waals surface area contributed by atoms with Crippen LogP contribution in [0.4, 0.5) is 0 Å². The van der Waals surface area contributed by atoms with E-state index in [0.717, 1.165) is 19.4 Å². The molecule has 0 radical (unpaired) electrons. The molecule has 66 valence electrons. The zero-order valence-corrected chi connectivity index (χ0v) is 7.46. The molecule has 1 aliphatic carbocycles. The molecule has 0 saturated heterocycles. The molecular formula is C11H12N2. The van der Waals surface area contributed by atoms with Crippen molar-refractivity contribution in [1.82, 2.24) is 5.32 Å². The summed E-state index contributed by atoms with van der Waals surface area (Å²) in [7, 11) is 0. The molecule has 3 rings (SSSR count). The highest BCUT2D eigenvalue weighted by atomic mass is 15.1. The van der Waals surface area contributed by atoms with Gasteiger partial charge in [0.25, 0.3) is 0 Å². The van der Waals surface area contributed by atoms with Crippen molar-refractivity contribution >= 4 is 6.34 Å². The van der Waals surface area contributed by atoms with E-state index in [1.165, 1.54) is 11.1 Å². The Bertz CT molecular complexity index is 333. The van der Waals surface area contributed by atoms with Crippen LogP contribution < -0.4 is 5.32 Å². The minimum atomic E-state index is 0.226. The first-order valence-corrected chi connectivity index (χ1v) is 4.71. The Balaban J connectivity index is 1.97. The molecule has 2 heteroatoms. The molecule has 1 N–H and O–H groups in total. The van der Waals surface area contributed by atoms with Gasteiger partial charge in [0.1, 0.15) is 0 Å². The predicted octanol–water partition coefficient (Wildman–Crippen LogP) is 1.16. The largest absolute Gasteiger partial charge is 0.368 e. The summed E-state index contributed by atoms with van der Waals surface area (Å²) < 4.78 is 0. The SMILES string of the molecule is C1=NCC2(Cc3ccccc3C2)N1. The van der Waals surface area contributed by atoms with Crippen molar-refractivity contribution in [2.45, 2.75) is 18.4 Å². The van der Waals surface area contributed by atoms with E-state index in [1.807, 2.05) is 6.34 Å². The van der Waals surface area contributed by atoms with E-state index in [1.54, 1.807) is 0 Å². The number of nitrogens with zero attached hydrogens (tertiary/aromatic N) is 1. The van der Waals surface area contributed by atoms with Gasteiger partial charge in [-0.2, -0.15) is 0 Å². The topological polar surface area (TPSA) is 24.4 Å². The van der Waals surface area contributed by atoms with Gasteiger partial charge in [-0.05, 0) is 24.0 Å². The van der Waals surface area contributed by atoms with E-state index < -0.39 is 0 Å². The summed E-state index contributed by atoms with van der Waals surface area (Å²) in [6.07, 6.45) is 4.11. The van der Waals surface area contributed by atoms with Crippen LogP contribution in [0.15, 0.2) is 29.3 Å². The third-order valence-corrected chi connectivity index (χ3v) is 3.03. The van der Waals surface area contributed by atoms with Crippen LogP contribution in [0.25, 0.3) is 0 Å². The van der Waals surface area contributed by atoms with E-state index in [4.69, 9.17) is 0 Å². The van der Waals surface area contributed by atoms with Crippen molar-refractivity contribution in [3.8, 4) is 0 Å². The number of nitrogens with one attached hydrogen (secondary N) is 1. The zero-order chi connectivity index (χ0) is 8.73. The quantitative estimate of drug-likeness (QED) is 0.624. The van der Waals surface area contributed by atoms with Crippen LogP contribution in [0.5, 0.6) is 0 Å². The van der Waals surface area contributed by atoms with Crippen LogP contribution in [0.1, 0.15) is 11.1 Å². The number of benzene rings is 1. The molecule has 1 aromatic rings. The molecule has 13 heavy (non-hydrogen) atoms. The van der Waals surface area contributed by atoms with Gasteiger partial charge in [-0.3, -0.25) is 4.99 Å².